The van der Waals surface area contributed by atoms with Crippen LogP contribution in [-0.4, -0.2) is 42.2 Å². The van der Waals surface area contributed by atoms with Gasteiger partial charge in [0.15, 0.2) is 0 Å². The van der Waals surface area contributed by atoms with Gasteiger partial charge in [0.25, 0.3) is 6.09 Å². The Hall–Kier alpha value is -2.71. The highest BCUT2D eigenvalue weighted by Crippen LogP contribution is 2.36. The lowest BCUT2D eigenvalue weighted by molar-refractivity contribution is -0.924. The molecule has 0 N–H and O–H groups in total. The third kappa shape index (κ3) is 3.51. The second-order valence-corrected chi connectivity index (χ2v) is 11.4. The zero-order valence-corrected chi connectivity index (χ0v) is 19.2. The van der Waals surface area contributed by atoms with Crippen LogP contribution >= 0.6 is 0 Å². The van der Waals surface area contributed by atoms with Gasteiger partial charge in [-0.25, -0.2) is 12.8 Å². The summed E-state index contributed by atoms with van der Waals surface area (Å²) in [6.07, 6.45) is 2.20. The monoisotopic (exact) mass is 458 g/mol. The Morgan fingerprint density at radius 3 is 2.34 bits per heavy atom. The van der Waals surface area contributed by atoms with Crippen LogP contribution in [0.4, 0.5) is 9.18 Å². The smallest absolute Gasteiger partial charge is 0.257 e. The minimum atomic E-state index is -3.98. The number of amides is 1. The van der Waals surface area contributed by atoms with E-state index in [2.05, 4.69) is 4.57 Å². The molecule has 0 radical (unpaired) electrons. The molecule has 8 heteroatoms. The number of hydrogen-bond donors (Lipinski definition) is 0. The van der Waals surface area contributed by atoms with Gasteiger partial charge in [-0.05, 0) is 57.2 Å². The number of quaternary nitrogens is 1. The molecule has 1 aliphatic rings. The van der Waals surface area contributed by atoms with Crippen molar-refractivity contribution in [1.29, 1.82) is 0 Å². The molecular weight excluding hydrogens is 431 g/mol. The quantitative estimate of drug-likeness (QED) is 0.558. The van der Waals surface area contributed by atoms with E-state index in [0.29, 0.717) is 25.9 Å². The SMILES string of the molecule is CC(C)(C)[N+]1(C(=O)[O-])CCC(n2ccc3cc(S(=O)(=O)c4ccccc4F)ccc32)CC1. The second-order valence-electron chi connectivity index (χ2n) is 9.46. The number of piperidine rings is 1. The Morgan fingerprint density at radius 2 is 1.75 bits per heavy atom. The summed E-state index contributed by atoms with van der Waals surface area (Å²) in [6.45, 7) is 6.70. The average molecular weight is 459 g/mol. The van der Waals surface area contributed by atoms with E-state index in [-0.39, 0.29) is 20.3 Å². The number of benzene rings is 2. The number of likely N-dealkylation sites (tertiary alicyclic amines) is 1. The largest absolute Gasteiger partial charge is 0.498 e. The van der Waals surface area contributed by atoms with Crippen LogP contribution < -0.4 is 5.11 Å². The Bertz CT molecular complexity index is 1280. The number of carbonyl (C=O) groups excluding carboxylic acids is 1. The first-order valence-corrected chi connectivity index (χ1v) is 12.1. The summed E-state index contributed by atoms with van der Waals surface area (Å²) in [5.74, 6) is -0.777. The molecule has 0 atom stereocenters. The normalized spacial score (nSPS) is 22.2. The van der Waals surface area contributed by atoms with Gasteiger partial charge in [0.2, 0.25) is 9.84 Å². The van der Waals surface area contributed by atoms with Gasteiger partial charge in [0, 0.05) is 36.0 Å². The Morgan fingerprint density at radius 1 is 1.09 bits per heavy atom. The molecule has 2 heterocycles. The van der Waals surface area contributed by atoms with Crippen molar-refractivity contribution < 1.29 is 27.2 Å². The van der Waals surface area contributed by atoms with E-state index < -0.39 is 27.3 Å². The van der Waals surface area contributed by atoms with Crippen molar-refractivity contribution >= 4 is 26.8 Å². The van der Waals surface area contributed by atoms with Crippen molar-refractivity contribution in [3.05, 3.63) is 60.5 Å². The van der Waals surface area contributed by atoms with Gasteiger partial charge in [-0.3, -0.25) is 4.48 Å². The van der Waals surface area contributed by atoms with Crippen molar-refractivity contribution in [2.45, 2.75) is 55.0 Å². The summed E-state index contributed by atoms with van der Waals surface area (Å²) in [6, 6.07) is 12.1. The molecule has 0 aliphatic carbocycles. The van der Waals surface area contributed by atoms with E-state index >= 15 is 0 Å². The van der Waals surface area contributed by atoms with Crippen LogP contribution in [0.3, 0.4) is 0 Å². The van der Waals surface area contributed by atoms with Gasteiger partial charge in [0.05, 0.1) is 23.5 Å². The zero-order valence-electron chi connectivity index (χ0n) is 18.4. The molecule has 0 unspecified atom stereocenters. The molecular formula is C24H27FN2O4S. The fourth-order valence-corrected chi connectivity index (χ4v) is 6.18. The fraction of sp³-hybridized carbons (Fsp3) is 0.375. The fourth-order valence-electron chi connectivity index (χ4n) is 4.82. The number of rotatable bonds is 3. The topological polar surface area (TPSA) is 79.2 Å². The Kier molecular flexibility index (Phi) is 5.41. The maximum Gasteiger partial charge on any atom is 0.257 e. The minimum Gasteiger partial charge on any atom is -0.498 e. The summed E-state index contributed by atoms with van der Waals surface area (Å²) < 4.78 is 42.0. The Balaban J connectivity index is 1.64. The molecule has 1 saturated heterocycles. The van der Waals surface area contributed by atoms with E-state index in [0.717, 1.165) is 17.0 Å². The number of carboxylic acid groups (broad SMARTS) is 1. The Labute approximate surface area is 187 Å². The number of fused-ring (bicyclic) bond motifs is 1. The average Bonchev–Trinajstić information content (AvgIpc) is 3.16. The van der Waals surface area contributed by atoms with Gasteiger partial charge >= 0.3 is 0 Å². The first-order chi connectivity index (χ1) is 15.0. The van der Waals surface area contributed by atoms with E-state index in [1.807, 2.05) is 33.0 Å². The highest BCUT2D eigenvalue weighted by Gasteiger charge is 2.45. The zero-order chi connectivity index (χ0) is 23.3. The summed E-state index contributed by atoms with van der Waals surface area (Å²) >= 11 is 0. The van der Waals surface area contributed by atoms with Gasteiger partial charge in [-0.15, -0.1) is 0 Å². The molecule has 32 heavy (non-hydrogen) atoms. The van der Waals surface area contributed by atoms with Gasteiger partial charge in [0.1, 0.15) is 10.7 Å². The van der Waals surface area contributed by atoms with E-state index in [9.17, 15) is 22.7 Å². The number of halogens is 1. The molecule has 0 bridgehead atoms. The highest BCUT2D eigenvalue weighted by molar-refractivity contribution is 7.91. The van der Waals surface area contributed by atoms with Crippen LogP contribution in [0.15, 0.2) is 64.5 Å². The van der Waals surface area contributed by atoms with Crippen LogP contribution in [0.1, 0.15) is 39.7 Å². The summed E-state index contributed by atoms with van der Waals surface area (Å²) in [5.41, 5.74) is 0.408. The van der Waals surface area contributed by atoms with Crippen LogP contribution in [0.5, 0.6) is 0 Å². The van der Waals surface area contributed by atoms with Crippen LogP contribution in [0.25, 0.3) is 10.9 Å². The molecule has 0 saturated carbocycles. The summed E-state index contributed by atoms with van der Waals surface area (Å²) in [7, 11) is -3.98. The molecule has 1 fully saturated rings. The predicted molar refractivity (Wildman–Crippen MR) is 117 cm³/mol. The van der Waals surface area contributed by atoms with E-state index in [1.165, 1.54) is 24.3 Å². The number of nitrogens with zero attached hydrogens (tertiary/aromatic N) is 2. The minimum absolute atomic E-state index is 0.0388. The van der Waals surface area contributed by atoms with Crippen LogP contribution in [-0.2, 0) is 9.84 Å². The van der Waals surface area contributed by atoms with Crippen molar-refractivity contribution in [2.75, 3.05) is 13.1 Å². The molecule has 0 spiro atoms. The summed E-state index contributed by atoms with van der Waals surface area (Å²) in [5, 5.41) is 12.7. The van der Waals surface area contributed by atoms with E-state index in [1.54, 1.807) is 12.1 Å². The first kappa shape index (κ1) is 22.5. The lowest BCUT2D eigenvalue weighted by Gasteiger charge is -2.51. The van der Waals surface area contributed by atoms with Crippen LogP contribution in [0.2, 0.25) is 0 Å². The molecule has 2 aromatic carbocycles. The third-order valence-corrected chi connectivity index (χ3v) is 8.63. The molecule has 3 aromatic rings. The predicted octanol–water partition coefficient (Wildman–Crippen LogP) is 3.91. The number of carbonyl (C=O) groups is 1. The van der Waals surface area contributed by atoms with Crippen molar-refractivity contribution in [2.24, 2.45) is 0 Å². The molecule has 4 rings (SSSR count). The summed E-state index contributed by atoms with van der Waals surface area (Å²) in [4.78, 5) is 11.7. The maximum atomic E-state index is 14.1. The van der Waals surface area contributed by atoms with Gasteiger partial charge < -0.3 is 14.5 Å². The standard InChI is InChI=1S/C24H27FN2O4S/c1-24(2,3)27(23(28)29)14-11-18(12-15-27)26-13-10-17-16-19(8-9-21(17)26)32(30,31)22-7-5-4-6-20(22)25/h4-10,13,16,18H,11-12,14-15H2,1-3H3. The first-order valence-electron chi connectivity index (χ1n) is 10.7. The molecule has 6 nitrogen and oxygen atoms in total. The molecule has 1 amide bonds. The third-order valence-electron chi connectivity index (χ3n) is 6.84. The van der Waals surface area contributed by atoms with Gasteiger partial charge in [-0.1, -0.05) is 12.1 Å². The number of aromatic nitrogens is 1. The maximum absolute atomic E-state index is 14.1. The van der Waals surface area contributed by atoms with Crippen molar-refractivity contribution in [1.82, 2.24) is 4.57 Å². The van der Waals surface area contributed by atoms with Crippen molar-refractivity contribution in [3.63, 3.8) is 0 Å². The number of hydrogen-bond acceptors (Lipinski definition) is 4. The molecule has 1 aromatic heterocycles. The van der Waals surface area contributed by atoms with E-state index in [4.69, 9.17) is 0 Å². The molecule has 170 valence electrons. The van der Waals surface area contributed by atoms with Crippen LogP contribution in [0, 0.1) is 5.82 Å². The van der Waals surface area contributed by atoms with Crippen molar-refractivity contribution in [3.8, 4) is 0 Å². The lowest BCUT2D eigenvalue weighted by atomic mass is 9.93. The second kappa shape index (κ2) is 7.71. The van der Waals surface area contributed by atoms with Gasteiger partial charge in [-0.2, -0.15) is 0 Å². The number of sulfone groups is 1. The lowest BCUT2D eigenvalue weighted by Crippen LogP contribution is -2.70. The molecule has 1 aliphatic heterocycles. The highest BCUT2D eigenvalue weighted by atomic mass is 32.2.